The van der Waals surface area contributed by atoms with Crippen molar-refractivity contribution in [2.24, 2.45) is 11.8 Å². The molecule has 0 spiro atoms. The Bertz CT molecular complexity index is 819. The first-order chi connectivity index (χ1) is 21.1. The van der Waals surface area contributed by atoms with Gasteiger partial charge in [-0.05, 0) is 116 Å². The monoisotopic (exact) mass is 604 g/mol. The van der Waals surface area contributed by atoms with Crippen LogP contribution in [0.3, 0.4) is 0 Å². The van der Waals surface area contributed by atoms with Crippen molar-refractivity contribution in [2.75, 3.05) is 26.4 Å². The Morgan fingerprint density at radius 1 is 0.791 bits per heavy atom. The fourth-order valence-electron chi connectivity index (χ4n) is 6.75. The van der Waals surface area contributed by atoms with E-state index in [1.54, 1.807) is 0 Å². The maximum absolute atomic E-state index is 9.17. The average molecular weight is 605 g/mol. The van der Waals surface area contributed by atoms with Crippen LogP contribution >= 0.6 is 0 Å². The Kier molecular flexibility index (Phi) is 16.3. The van der Waals surface area contributed by atoms with Gasteiger partial charge in [0.25, 0.3) is 0 Å². The van der Waals surface area contributed by atoms with Crippen LogP contribution in [0.4, 0.5) is 0 Å². The van der Waals surface area contributed by atoms with Crippen LogP contribution in [-0.2, 0) is 28.4 Å². The van der Waals surface area contributed by atoms with Crippen LogP contribution in [0, 0.1) is 11.8 Å². The third-order valence-electron chi connectivity index (χ3n) is 9.16. The normalized spacial score (nSPS) is 32.9. The molecule has 3 saturated heterocycles. The second-order valence-corrected chi connectivity index (χ2v) is 13.1. The molecule has 4 aliphatic rings. The lowest BCUT2D eigenvalue weighted by Crippen LogP contribution is -2.31. The summed E-state index contributed by atoms with van der Waals surface area (Å²) in [5.41, 5.74) is 1.34. The van der Waals surface area contributed by atoms with Gasteiger partial charge in [0.1, 0.15) is 0 Å². The van der Waals surface area contributed by atoms with Crippen LogP contribution < -0.4 is 0 Å². The molecule has 3 heterocycles. The van der Waals surface area contributed by atoms with Crippen molar-refractivity contribution in [3.8, 4) is 0 Å². The first-order valence-electron chi connectivity index (χ1n) is 17.5. The van der Waals surface area contributed by atoms with Crippen LogP contribution in [0.2, 0.25) is 0 Å². The minimum atomic E-state index is -0.144. The molecule has 0 aromatic rings. The van der Waals surface area contributed by atoms with E-state index in [1.165, 1.54) is 5.57 Å². The van der Waals surface area contributed by atoms with Gasteiger partial charge in [0.2, 0.25) is 0 Å². The molecule has 0 amide bonds. The fourth-order valence-corrected chi connectivity index (χ4v) is 6.75. The molecular weight excluding hydrogens is 544 g/mol. The van der Waals surface area contributed by atoms with Crippen molar-refractivity contribution < 1.29 is 33.5 Å². The molecule has 0 radical (unpaired) electrons. The topological polar surface area (TPSA) is 75.6 Å². The molecule has 0 bridgehead atoms. The SMILES string of the molecule is CC(C)=CCC[C@@H](C=C[C@@H]1[C@@H](CC=CCCCCO)[C@@H](OC2CCCCO2)C[C@H]1OC1CCCCO1)OC1CCCCO1. The largest absolute Gasteiger partial charge is 0.396 e. The number of aliphatic hydroxyl groups excluding tert-OH is 1. The van der Waals surface area contributed by atoms with Crippen molar-refractivity contribution in [3.05, 3.63) is 36.0 Å². The van der Waals surface area contributed by atoms with E-state index in [9.17, 15) is 0 Å². The number of allylic oxidation sites excluding steroid dienone is 4. The summed E-state index contributed by atoms with van der Waals surface area (Å²) in [6.45, 7) is 6.90. The fraction of sp³-hybridized carbons (Fsp3) is 0.833. The zero-order valence-electron chi connectivity index (χ0n) is 27.0. The van der Waals surface area contributed by atoms with Crippen LogP contribution in [0.5, 0.6) is 0 Å². The van der Waals surface area contributed by atoms with Gasteiger partial charge in [0.15, 0.2) is 18.9 Å². The zero-order chi connectivity index (χ0) is 30.1. The van der Waals surface area contributed by atoms with E-state index in [-0.39, 0.29) is 55.6 Å². The van der Waals surface area contributed by atoms with Gasteiger partial charge >= 0.3 is 0 Å². The third-order valence-corrected chi connectivity index (χ3v) is 9.16. The van der Waals surface area contributed by atoms with Gasteiger partial charge in [-0.1, -0.05) is 36.0 Å². The third kappa shape index (κ3) is 12.7. The summed E-state index contributed by atoms with van der Waals surface area (Å²) in [5, 5.41) is 9.17. The van der Waals surface area contributed by atoms with Gasteiger partial charge in [0.05, 0.1) is 18.3 Å². The standard InChI is InChI=1S/C36H60O7/c1-28(2)15-14-16-29(41-34-18-7-11-24-38-34)21-22-31-30(17-6-4-3-5-10-23-37)32(42-35-19-8-12-25-39-35)27-33(31)43-36-20-9-13-26-40-36/h4,6,15,21-22,29-37H,3,5,7-14,16-20,23-27H2,1-2H3/t29-,30+,31+,32-,33+,34?,35?,36?/m0/s1. The second kappa shape index (κ2) is 20.1. The van der Waals surface area contributed by atoms with Crippen LogP contribution in [0.15, 0.2) is 36.0 Å². The van der Waals surface area contributed by atoms with Gasteiger partial charge in [-0.25, -0.2) is 0 Å². The molecule has 7 heteroatoms. The molecule has 43 heavy (non-hydrogen) atoms. The number of hydrogen-bond donors (Lipinski definition) is 1. The molecule has 8 atom stereocenters. The maximum Gasteiger partial charge on any atom is 0.158 e. The highest BCUT2D eigenvalue weighted by atomic mass is 16.7. The van der Waals surface area contributed by atoms with Crippen LogP contribution in [0.1, 0.15) is 117 Å². The molecule has 0 aromatic heterocycles. The van der Waals surface area contributed by atoms with Crippen molar-refractivity contribution in [1.29, 1.82) is 0 Å². The highest BCUT2D eigenvalue weighted by Gasteiger charge is 2.45. The van der Waals surface area contributed by atoms with Gasteiger partial charge in [-0.2, -0.15) is 0 Å². The summed E-state index contributed by atoms with van der Waals surface area (Å²) in [4.78, 5) is 0. The number of ether oxygens (including phenoxy) is 6. The van der Waals surface area contributed by atoms with Gasteiger partial charge in [-0.3, -0.25) is 0 Å². The van der Waals surface area contributed by atoms with E-state index in [1.807, 2.05) is 0 Å². The van der Waals surface area contributed by atoms with Gasteiger partial charge < -0.3 is 33.5 Å². The van der Waals surface area contributed by atoms with Crippen molar-refractivity contribution in [2.45, 2.75) is 154 Å². The molecule has 1 N–H and O–H groups in total. The van der Waals surface area contributed by atoms with Crippen molar-refractivity contribution in [3.63, 3.8) is 0 Å². The molecule has 1 aliphatic carbocycles. The molecule has 7 nitrogen and oxygen atoms in total. The molecular formula is C36H60O7. The summed E-state index contributed by atoms with van der Waals surface area (Å²) in [7, 11) is 0. The minimum absolute atomic E-state index is 0.0124. The first-order valence-corrected chi connectivity index (χ1v) is 17.5. The molecule has 0 aromatic carbocycles. The van der Waals surface area contributed by atoms with E-state index < -0.39 is 0 Å². The molecule has 3 aliphatic heterocycles. The lowest BCUT2D eigenvalue weighted by molar-refractivity contribution is -0.203. The zero-order valence-corrected chi connectivity index (χ0v) is 27.0. The molecule has 4 fully saturated rings. The van der Waals surface area contributed by atoms with E-state index in [0.29, 0.717) is 0 Å². The van der Waals surface area contributed by atoms with Gasteiger partial charge in [-0.15, -0.1) is 0 Å². The molecule has 246 valence electrons. The lowest BCUT2D eigenvalue weighted by Gasteiger charge is -2.30. The second-order valence-electron chi connectivity index (χ2n) is 13.1. The van der Waals surface area contributed by atoms with E-state index >= 15 is 0 Å². The highest BCUT2D eigenvalue weighted by molar-refractivity contribution is 5.08. The van der Waals surface area contributed by atoms with Crippen LogP contribution in [0.25, 0.3) is 0 Å². The lowest BCUT2D eigenvalue weighted by atomic mass is 9.89. The summed E-state index contributed by atoms with van der Waals surface area (Å²) in [5.74, 6) is 0.455. The Hall–Kier alpha value is -1.06. The predicted octanol–water partition coefficient (Wildman–Crippen LogP) is 7.77. The van der Waals surface area contributed by atoms with E-state index in [4.69, 9.17) is 33.5 Å². The van der Waals surface area contributed by atoms with Crippen molar-refractivity contribution in [1.82, 2.24) is 0 Å². The number of aliphatic hydroxyl groups is 1. The Balaban J connectivity index is 1.52. The van der Waals surface area contributed by atoms with E-state index in [2.05, 4.69) is 44.2 Å². The predicted molar refractivity (Wildman–Crippen MR) is 169 cm³/mol. The van der Waals surface area contributed by atoms with Crippen molar-refractivity contribution >= 4 is 0 Å². The summed E-state index contributed by atoms with van der Waals surface area (Å²) in [6.07, 6.45) is 27.4. The summed E-state index contributed by atoms with van der Waals surface area (Å²) < 4.78 is 38.1. The van der Waals surface area contributed by atoms with Crippen LogP contribution in [-0.4, -0.2) is 68.7 Å². The number of rotatable bonds is 17. The molecule has 4 rings (SSSR count). The van der Waals surface area contributed by atoms with E-state index in [0.717, 1.165) is 123 Å². The first kappa shape index (κ1) is 34.8. The number of unbranched alkanes of at least 4 members (excludes halogenated alkanes) is 2. The molecule has 3 unspecified atom stereocenters. The minimum Gasteiger partial charge on any atom is -0.396 e. The molecule has 1 saturated carbocycles. The average Bonchev–Trinajstić information content (AvgIpc) is 3.33. The number of hydrogen-bond acceptors (Lipinski definition) is 7. The Morgan fingerprint density at radius 3 is 2.05 bits per heavy atom. The van der Waals surface area contributed by atoms with Gasteiger partial charge in [0, 0.05) is 38.8 Å². The smallest absolute Gasteiger partial charge is 0.158 e. The summed E-state index contributed by atoms with van der Waals surface area (Å²) >= 11 is 0. The maximum atomic E-state index is 9.17. The highest BCUT2D eigenvalue weighted by Crippen LogP contribution is 2.42. The quantitative estimate of drug-likeness (QED) is 0.134. The Labute approximate surface area is 261 Å². The Morgan fingerprint density at radius 2 is 1.44 bits per heavy atom. The summed E-state index contributed by atoms with van der Waals surface area (Å²) in [6, 6.07) is 0.